The molecule has 2 aromatic rings. The zero-order valence-corrected chi connectivity index (χ0v) is 17.5. The highest BCUT2D eigenvalue weighted by atomic mass is 35.5. The van der Waals surface area contributed by atoms with Crippen LogP contribution in [-0.4, -0.2) is 38.9 Å². The first kappa shape index (κ1) is 21.2. The molecule has 0 aliphatic rings. The summed E-state index contributed by atoms with van der Waals surface area (Å²) in [7, 11) is -3.69. The zero-order chi connectivity index (χ0) is 19.0. The number of carbonyl (C=O) groups excluding carboxylic acids is 1. The summed E-state index contributed by atoms with van der Waals surface area (Å²) in [6, 6.07) is 9.81. The minimum Gasteiger partial charge on any atom is -0.354 e. The SMILES string of the molecule is CSCC[C@H](NS(=O)(=O)c1cccs1)C(=O)NCCc1ccc(Cl)cc1. The van der Waals surface area contributed by atoms with Crippen LogP contribution in [0.5, 0.6) is 0 Å². The van der Waals surface area contributed by atoms with E-state index in [1.54, 1.807) is 35.3 Å². The molecule has 0 saturated heterocycles. The van der Waals surface area contributed by atoms with Gasteiger partial charge in [-0.2, -0.15) is 16.5 Å². The Balaban J connectivity index is 1.94. The normalized spacial score (nSPS) is 12.7. The number of rotatable bonds is 10. The van der Waals surface area contributed by atoms with Gasteiger partial charge in [0.2, 0.25) is 5.91 Å². The Morgan fingerprint density at radius 2 is 2.00 bits per heavy atom. The second-order valence-electron chi connectivity index (χ2n) is 5.55. The highest BCUT2D eigenvalue weighted by Gasteiger charge is 2.25. The summed E-state index contributed by atoms with van der Waals surface area (Å²) in [6.07, 6.45) is 3.00. The maximum atomic E-state index is 12.5. The van der Waals surface area contributed by atoms with E-state index in [-0.39, 0.29) is 10.1 Å². The van der Waals surface area contributed by atoms with Crippen LogP contribution >= 0.6 is 34.7 Å². The van der Waals surface area contributed by atoms with Crippen molar-refractivity contribution >= 4 is 50.6 Å². The minimum absolute atomic E-state index is 0.209. The summed E-state index contributed by atoms with van der Waals surface area (Å²) in [4.78, 5) is 12.5. The lowest BCUT2D eigenvalue weighted by atomic mass is 10.1. The molecular weight excluding hydrogens is 412 g/mol. The van der Waals surface area contributed by atoms with Crippen molar-refractivity contribution < 1.29 is 13.2 Å². The molecule has 1 aromatic heterocycles. The number of sulfonamides is 1. The molecule has 2 N–H and O–H groups in total. The largest absolute Gasteiger partial charge is 0.354 e. The van der Waals surface area contributed by atoms with Crippen LogP contribution < -0.4 is 10.0 Å². The van der Waals surface area contributed by atoms with E-state index in [9.17, 15) is 13.2 Å². The van der Waals surface area contributed by atoms with Gasteiger partial charge in [0.05, 0.1) is 0 Å². The number of amides is 1. The van der Waals surface area contributed by atoms with Gasteiger partial charge in [0.15, 0.2) is 0 Å². The molecule has 1 heterocycles. The molecule has 0 saturated carbocycles. The first-order valence-corrected chi connectivity index (χ1v) is 12.1. The molecule has 9 heteroatoms. The van der Waals surface area contributed by atoms with E-state index in [1.165, 1.54) is 6.07 Å². The van der Waals surface area contributed by atoms with Gasteiger partial charge in [-0.15, -0.1) is 11.3 Å². The third-order valence-corrected chi connectivity index (χ3v) is 7.38. The lowest BCUT2D eigenvalue weighted by Gasteiger charge is -2.17. The zero-order valence-electron chi connectivity index (χ0n) is 14.3. The standard InChI is InChI=1S/C17H21ClN2O3S3/c1-24-12-9-15(20-26(22,23)16-3-2-11-25-16)17(21)19-10-8-13-4-6-14(18)7-5-13/h2-7,11,15,20H,8-10,12H2,1H3,(H,19,21)/t15-/m0/s1. The Bertz CT molecular complexity index is 793. The molecule has 0 unspecified atom stereocenters. The Morgan fingerprint density at radius 1 is 1.27 bits per heavy atom. The van der Waals surface area contributed by atoms with Crippen molar-refractivity contribution in [3.8, 4) is 0 Å². The van der Waals surface area contributed by atoms with E-state index in [1.807, 2.05) is 18.4 Å². The van der Waals surface area contributed by atoms with Crippen molar-refractivity contribution in [3.05, 3.63) is 52.4 Å². The third-order valence-electron chi connectivity index (χ3n) is 3.61. The molecule has 0 bridgehead atoms. The molecule has 142 valence electrons. The highest BCUT2D eigenvalue weighted by Crippen LogP contribution is 2.17. The van der Waals surface area contributed by atoms with Crippen LogP contribution in [0.3, 0.4) is 0 Å². The van der Waals surface area contributed by atoms with Gasteiger partial charge in [-0.05, 0) is 54.0 Å². The van der Waals surface area contributed by atoms with Gasteiger partial charge in [-0.1, -0.05) is 29.8 Å². The van der Waals surface area contributed by atoms with E-state index in [2.05, 4.69) is 10.0 Å². The molecule has 0 spiro atoms. The smallest absolute Gasteiger partial charge is 0.250 e. The third kappa shape index (κ3) is 6.59. The van der Waals surface area contributed by atoms with Crippen LogP contribution in [0.15, 0.2) is 46.0 Å². The number of thioether (sulfide) groups is 1. The molecule has 2 rings (SSSR count). The van der Waals surface area contributed by atoms with Gasteiger partial charge in [-0.3, -0.25) is 4.79 Å². The number of hydrogen-bond acceptors (Lipinski definition) is 5. The second kappa shape index (κ2) is 10.3. The van der Waals surface area contributed by atoms with Crippen LogP contribution in [0, 0.1) is 0 Å². The average Bonchev–Trinajstić information content (AvgIpc) is 3.16. The number of carbonyl (C=O) groups is 1. The van der Waals surface area contributed by atoms with Gasteiger partial charge in [0, 0.05) is 11.6 Å². The lowest BCUT2D eigenvalue weighted by molar-refractivity contribution is -0.122. The van der Waals surface area contributed by atoms with Crippen LogP contribution in [-0.2, 0) is 21.2 Å². The molecule has 1 amide bonds. The highest BCUT2D eigenvalue weighted by molar-refractivity contribution is 7.98. The number of hydrogen-bond donors (Lipinski definition) is 2. The quantitative estimate of drug-likeness (QED) is 0.604. The number of thiophene rings is 1. The van der Waals surface area contributed by atoms with Crippen LogP contribution in [0.25, 0.3) is 0 Å². The lowest BCUT2D eigenvalue weighted by Crippen LogP contribution is -2.47. The molecule has 0 aliphatic carbocycles. The predicted octanol–water partition coefficient (Wildman–Crippen LogP) is 3.16. The van der Waals surface area contributed by atoms with Crippen molar-refractivity contribution in [3.63, 3.8) is 0 Å². The molecule has 0 radical (unpaired) electrons. The summed E-state index contributed by atoms with van der Waals surface area (Å²) in [6.45, 7) is 0.428. The van der Waals surface area contributed by atoms with Crippen molar-refractivity contribution in [1.82, 2.24) is 10.0 Å². The number of nitrogens with one attached hydrogen (secondary N) is 2. The first-order valence-electron chi connectivity index (χ1n) is 7.99. The van der Waals surface area contributed by atoms with E-state index in [0.717, 1.165) is 16.9 Å². The van der Waals surface area contributed by atoms with Gasteiger partial charge in [0.25, 0.3) is 10.0 Å². The summed E-state index contributed by atoms with van der Waals surface area (Å²) >= 11 is 8.55. The fourth-order valence-corrected chi connectivity index (χ4v) is 5.08. The van der Waals surface area contributed by atoms with Crippen LogP contribution in [0.1, 0.15) is 12.0 Å². The molecular formula is C17H21ClN2O3S3. The minimum atomic E-state index is -3.69. The molecule has 1 aromatic carbocycles. The van der Waals surface area contributed by atoms with E-state index in [4.69, 9.17) is 11.6 Å². The summed E-state index contributed by atoms with van der Waals surface area (Å²) < 4.78 is 27.5. The Morgan fingerprint density at radius 3 is 2.62 bits per heavy atom. The maximum Gasteiger partial charge on any atom is 0.250 e. The Kier molecular flexibility index (Phi) is 8.43. The molecule has 0 aliphatic heterocycles. The summed E-state index contributed by atoms with van der Waals surface area (Å²) in [5, 5.41) is 5.17. The van der Waals surface area contributed by atoms with Gasteiger partial charge >= 0.3 is 0 Å². The van der Waals surface area contributed by atoms with E-state index >= 15 is 0 Å². The molecule has 0 fully saturated rings. The van der Waals surface area contributed by atoms with E-state index < -0.39 is 16.1 Å². The van der Waals surface area contributed by atoms with Crippen LogP contribution in [0.2, 0.25) is 5.02 Å². The fraction of sp³-hybridized carbons (Fsp3) is 0.353. The van der Waals surface area contributed by atoms with Crippen LogP contribution in [0.4, 0.5) is 0 Å². The maximum absolute atomic E-state index is 12.5. The fourth-order valence-electron chi connectivity index (χ4n) is 2.25. The Hall–Kier alpha value is -1.06. The monoisotopic (exact) mass is 432 g/mol. The van der Waals surface area contributed by atoms with E-state index in [0.29, 0.717) is 30.2 Å². The van der Waals surface area contributed by atoms with Crippen molar-refractivity contribution in [2.75, 3.05) is 18.6 Å². The number of benzene rings is 1. The second-order valence-corrected chi connectivity index (χ2v) is 9.87. The molecule has 1 atom stereocenters. The molecule has 26 heavy (non-hydrogen) atoms. The van der Waals surface area contributed by atoms with Crippen molar-refractivity contribution in [2.24, 2.45) is 0 Å². The summed E-state index contributed by atoms with van der Waals surface area (Å²) in [5.41, 5.74) is 1.05. The van der Waals surface area contributed by atoms with Gasteiger partial charge < -0.3 is 5.32 Å². The van der Waals surface area contributed by atoms with Gasteiger partial charge in [0.1, 0.15) is 10.3 Å². The topological polar surface area (TPSA) is 75.3 Å². The van der Waals surface area contributed by atoms with Crippen molar-refractivity contribution in [2.45, 2.75) is 23.1 Å². The average molecular weight is 433 g/mol. The Labute approximate surface area is 167 Å². The predicted molar refractivity (Wildman–Crippen MR) is 110 cm³/mol. The molecule has 5 nitrogen and oxygen atoms in total. The first-order chi connectivity index (χ1) is 12.4. The van der Waals surface area contributed by atoms with Gasteiger partial charge in [-0.25, -0.2) is 8.42 Å². The van der Waals surface area contributed by atoms with Crippen molar-refractivity contribution in [1.29, 1.82) is 0 Å². The number of halogens is 1. The summed E-state index contributed by atoms with van der Waals surface area (Å²) in [5.74, 6) is 0.371.